The summed E-state index contributed by atoms with van der Waals surface area (Å²) in [6.07, 6.45) is -0.964. The fourth-order valence-electron chi connectivity index (χ4n) is 3.42. The summed E-state index contributed by atoms with van der Waals surface area (Å²) >= 11 is 0. The highest BCUT2D eigenvalue weighted by atomic mass is 16.4. The third-order valence-corrected chi connectivity index (χ3v) is 5.50. The van der Waals surface area contributed by atoms with Gasteiger partial charge in [-0.05, 0) is 5.92 Å². The van der Waals surface area contributed by atoms with E-state index in [9.17, 15) is 29.1 Å². The first-order valence-corrected chi connectivity index (χ1v) is 10.9. The van der Waals surface area contributed by atoms with Crippen LogP contribution in [0.2, 0.25) is 0 Å². The van der Waals surface area contributed by atoms with Crippen molar-refractivity contribution >= 4 is 29.6 Å². The molecule has 1 aliphatic heterocycles. The standard InChI is InChI=1S/C19H30N8O7/c1-3-10(2)17(22-14(29)4-5-16(31)32)19(34)21-8-15(30)27-9-11(28)6-12(27)18(33)20-7-13-23-25-26-24-13/h10-12,17,28H,3-9H2,1-2H3,(H,20,33)(H,21,34)(H,22,29)(H,31,32)(H,23,24,25,26)/t10-,11-,12?,17-/m0/s1. The number of carboxylic acids is 1. The van der Waals surface area contributed by atoms with E-state index < -0.39 is 54.3 Å². The number of carboxylic acid groups (broad SMARTS) is 1. The molecule has 6 N–H and O–H groups in total. The molecule has 15 nitrogen and oxygen atoms in total. The number of H-pyrrole nitrogens is 1. The van der Waals surface area contributed by atoms with E-state index in [1.165, 1.54) is 4.90 Å². The van der Waals surface area contributed by atoms with Crippen LogP contribution in [-0.2, 0) is 30.5 Å². The lowest BCUT2D eigenvalue weighted by atomic mass is 9.98. The Labute approximate surface area is 195 Å². The van der Waals surface area contributed by atoms with Crippen LogP contribution in [0.25, 0.3) is 0 Å². The van der Waals surface area contributed by atoms with Gasteiger partial charge in [-0.15, -0.1) is 10.2 Å². The fourth-order valence-corrected chi connectivity index (χ4v) is 3.42. The second-order valence-corrected chi connectivity index (χ2v) is 8.04. The van der Waals surface area contributed by atoms with Crippen molar-refractivity contribution in [3.63, 3.8) is 0 Å². The third-order valence-electron chi connectivity index (χ3n) is 5.50. The van der Waals surface area contributed by atoms with Crippen molar-refractivity contribution in [2.45, 2.75) is 64.3 Å². The van der Waals surface area contributed by atoms with Gasteiger partial charge in [0.05, 0.1) is 25.6 Å². The van der Waals surface area contributed by atoms with Crippen LogP contribution in [0, 0.1) is 5.92 Å². The Bertz CT molecular complexity index is 878. The number of tetrazole rings is 1. The second-order valence-electron chi connectivity index (χ2n) is 8.04. The van der Waals surface area contributed by atoms with Crippen molar-refractivity contribution in [3.8, 4) is 0 Å². The van der Waals surface area contributed by atoms with Crippen LogP contribution in [0.5, 0.6) is 0 Å². The topological polar surface area (TPSA) is 220 Å². The number of amides is 4. The molecule has 0 aliphatic carbocycles. The number of aliphatic carboxylic acids is 1. The predicted molar refractivity (Wildman–Crippen MR) is 113 cm³/mol. The van der Waals surface area contributed by atoms with Gasteiger partial charge in [-0.2, -0.15) is 5.21 Å². The summed E-state index contributed by atoms with van der Waals surface area (Å²) in [5.41, 5.74) is 0. The van der Waals surface area contributed by atoms with Crippen molar-refractivity contribution in [3.05, 3.63) is 5.82 Å². The van der Waals surface area contributed by atoms with Crippen LogP contribution >= 0.6 is 0 Å². The van der Waals surface area contributed by atoms with Crippen LogP contribution in [-0.4, -0.2) is 96.6 Å². The van der Waals surface area contributed by atoms with Gasteiger partial charge in [-0.1, -0.05) is 25.5 Å². The smallest absolute Gasteiger partial charge is 0.303 e. The Morgan fingerprint density at radius 2 is 1.94 bits per heavy atom. The normalized spacial score (nSPS) is 19.2. The SMILES string of the molecule is CC[C@H](C)[C@H](NC(=O)CCC(=O)O)C(=O)NCC(=O)N1C[C@@H](O)CC1C(=O)NCc1nn[nH]n1. The van der Waals surface area contributed by atoms with Gasteiger partial charge in [0.1, 0.15) is 12.1 Å². The highest BCUT2D eigenvalue weighted by Gasteiger charge is 2.39. The number of nitrogens with one attached hydrogen (secondary N) is 4. The van der Waals surface area contributed by atoms with E-state index in [-0.39, 0.29) is 44.1 Å². The quantitative estimate of drug-likeness (QED) is 0.181. The number of aliphatic hydroxyl groups excluding tert-OH is 1. The van der Waals surface area contributed by atoms with Crippen LogP contribution < -0.4 is 16.0 Å². The van der Waals surface area contributed by atoms with E-state index >= 15 is 0 Å². The molecule has 4 atom stereocenters. The van der Waals surface area contributed by atoms with Gasteiger partial charge in [-0.3, -0.25) is 24.0 Å². The zero-order chi connectivity index (χ0) is 25.3. The molecule has 1 unspecified atom stereocenters. The molecule has 0 bridgehead atoms. The summed E-state index contributed by atoms with van der Waals surface area (Å²) in [5.74, 6) is -3.44. The summed E-state index contributed by atoms with van der Waals surface area (Å²) in [4.78, 5) is 61.8. The summed E-state index contributed by atoms with van der Waals surface area (Å²) in [6.45, 7) is 3.03. The van der Waals surface area contributed by atoms with Gasteiger partial charge in [0.2, 0.25) is 23.6 Å². The average molecular weight is 482 g/mol. The Kier molecular flexibility index (Phi) is 9.85. The van der Waals surface area contributed by atoms with Gasteiger partial charge in [-0.25, -0.2) is 0 Å². The summed E-state index contributed by atoms with van der Waals surface area (Å²) < 4.78 is 0. The van der Waals surface area contributed by atoms with E-state index in [0.717, 1.165) is 0 Å². The first-order chi connectivity index (χ1) is 16.1. The number of carbonyl (C=O) groups is 5. The molecule has 1 fully saturated rings. The number of β-amino-alcohol motifs (C(OH)–C–C–N with tert-alkyl or cyclic N) is 1. The van der Waals surface area contributed by atoms with Crippen LogP contribution in [0.4, 0.5) is 0 Å². The summed E-state index contributed by atoms with van der Waals surface area (Å²) in [5, 5.41) is 39.3. The number of aliphatic hydroxyl groups is 1. The van der Waals surface area contributed by atoms with Crippen molar-refractivity contribution in [2.75, 3.05) is 13.1 Å². The molecule has 15 heteroatoms. The maximum absolute atomic E-state index is 12.7. The first-order valence-electron chi connectivity index (χ1n) is 10.9. The Morgan fingerprint density at radius 1 is 1.21 bits per heavy atom. The maximum atomic E-state index is 12.7. The van der Waals surface area contributed by atoms with Crippen LogP contribution in [0.15, 0.2) is 0 Å². The minimum Gasteiger partial charge on any atom is -0.481 e. The third kappa shape index (κ3) is 7.75. The lowest BCUT2D eigenvalue weighted by Crippen LogP contribution is -2.53. The molecule has 1 saturated heterocycles. The average Bonchev–Trinajstić information content (AvgIpc) is 3.46. The highest BCUT2D eigenvalue weighted by Crippen LogP contribution is 2.18. The number of nitrogens with zero attached hydrogens (tertiary/aromatic N) is 4. The molecular formula is C19H30N8O7. The maximum Gasteiger partial charge on any atom is 0.303 e. The van der Waals surface area contributed by atoms with Gasteiger partial charge < -0.3 is 31.1 Å². The minimum atomic E-state index is -1.13. The number of hydrogen-bond donors (Lipinski definition) is 6. The monoisotopic (exact) mass is 482 g/mol. The van der Waals surface area contributed by atoms with Gasteiger partial charge in [0.15, 0.2) is 5.82 Å². The molecule has 2 heterocycles. The van der Waals surface area contributed by atoms with Gasteiger partial charge >= 0.3 is 5.97 Å². The van der Waals surface area contributed by atoms with Crippen molar-refractivity contribution in [1.82, 2.24) is 41.5 Å². The summed E-state index contributed by atoms with van der Waals surface area (Å²) in [6, 6.07) is -1.90. The van der Waals surface area contributed by atoms with E-state index in [0.29, 0.717) is 6.42 Å². The molecule has 34 heavy (non-hydrogen) atoms. The first kappa shape index (κ1) is 26.6. The van der Waals surface area contributed by atoms with Gasteiger partial charge in [0, 0.05) is 19.4 Å². The number of rotatable bonds is 12. The molecule has 0 spiro atoms. The molecular weight excluding hydrogens is 452 g/mol. The molecule has 2 rings (SSSR count). The molecule has 188 valence electrons. The Balaban J connectivity index is 1.93. The van der Waals surface area contributed by atoms with E-state index in [1.54, 1.807) is 6.92 Å². The number of aromatic nitrogens is 4. The molecule has 0 aromatic carbocycles. The molecule has 1 aromatic rings. The highest BCUT2D eigenvalue weighted by molar-refractivity contribution is 5.93. The largest absolute Gasteiger partial charge is 0.481 e. The number of aromatic amines is 1. The van der Waals surface area contributed by atoms with Gasteiger partial charge in [0.25, 0.3) is 0 Å². The lowest BCUT2D eigenvalue weighted by Gasteiger charge is -2.26. The molecule has 0 saturated carbocycles. The Hall–Kier alpha value is -3.62. The fraction of sp³-hybridized carbons (Fsp3) is 0.684. The molecule has 4 amide bonds. The van der Waals surface area contributed by atoms with Crippen LogP contribution in [0.3, 0.4) is 0 Å². The van der Waals surface area contributed by atoms with Crippen molar-refractivity contribution in [2.24, 2.45) is 5.92 Å². The Morgan fingerprint density at radius 3 is 2.56 bits per heavy atom. The van der Waals surface area contributed by atoms with E-state index in [1.807, 2.05) is 6.92 Å². The zero-order valence-electron chi connectivity index (χ0n) is 19.0. The second kappa shape index (κ2) is 12.6. The summed E-state index contributed by atoms with van der Waals surface area (Å²) in [7, 11) is 0. The molecule has 0 radical (unpaired) electrons. The number of carbonyl (C=O) groups excluding carboxylic acids is 4. The minimum absolute atomic E-state index is 0.0150. The van der Waals surface area contributed by atoms with Crippen LogP contribution in [0.1, 0.15) is 45.4 Å². The molecule has 1 aromatic heterocycles. The van der Waals surface area contributed by atoms with E-state index in [4.69, 9.17) is 5.11 Å². The van der Waals surface area contributed by atoms with Crippen molar-refractivity contribution in [1.29, 1.82) is 0 Å². The molecule has 1 aliphatic rings. The predicted octanol–water partition coefficient (Wildman–Crippen LogP) is -2.71. The zero-order valence-corrected chi connectivity index (χ0v) is 19.0. The van der Waals surface area contributed by atoms with Crippen molar-refractivity contribution < 1.29 is 34.2 Å². The van der Waals surface area contributed by atoms with E-state index in [2.05, 4.69) is 36.6 Å². The lowest BCUT2D eigenvalue weighted by molar-refractivity contribution is -0.140. The number of likely N-dealkylation sites (tertiary alicyclic amines) is 1. The number of hydrogen-bond acceptors (Lipinski definition) is 9.